The molecule has 0 aliphatic carbocycles. The third-order valence-corrected chi connectivity index (χ3v) is 11.8. The maximum absolute atomic E-state index is 2.48. The summed E-state index contributed by atoms with van der Waals surface area (Å²) in [6.07, 6.45) is 0. The second-order valence-electron chi connectivity index (χ2n) is 15.3. The number of hydrogen-bond acceptors (Lipinski definition) is 1. The van der Waals surface area contributed by atoms with Crippen molar-refractivity contribution in [2.75, 3.05) is 4.90 Å². The molecule has 2 heteroatoms. The minimum atomic E-state index is 1.09. The van der Waals surface area contributed by atoms with Crippen molar-refractivity contribution < 1.29 is 0 Å². The number of anilines is 3. The van der Waals surface area contributed by atoms with Crippen molar-refractivity contribution in [1.29, 1.82) is 0 Å². The van der Waals surface area contributed by atoms with E-state index < -0.39 is 0 Å². The second kappa shape index (κ2) is 15.1. The molecule has 10 aromatic carbocycles. The summed E-state index contributed by atoms with van der Waals surface area (Å²) in [5, 5.41) is 4.98. The highest BCUT2D eigenvalue weighted by atomic mass is 15.1. The molecule has 0 aliphatic rings. The van der Waals surface area contributed by atoms with Crippen LogP contribution < -0.4 is 4.90 Å². The number of fused-ring (bicyclic) bond motifs is 4. The number of rotatable bonds is 8. The van der Waals surface area contributed by atoms with Gasteiger partial charge in [-0.25, -0.2) is 0 Å². The normalized spacial score (nSPS) is 11.3. The van der Waals surface area contributed by atoms with Crippen LogP contribution in [0.1, 0.15) is 0 Å². The Kier molecular flexibility index (Phi) is 8.87. The van der Waals surface area contributed by atoms with Gasteiger partial charge in [0.1, 0.15) is 0 Å². The molecule has 11 aromatic rings. The van der Waals surface area contributed by atoms with Crippen molar-refractivity contribution in [1.82, 2.24) is 4.57 Å². The quantitative estimate of drug-likeness (QED) is 0.150. The third kappa shape index (κ3) is 6.23. The molecule has 0 atom stereocenters. The van der Waals surface area contributed by atoms with E-state index in [1.165, 1.54) is 71.5 Å². The molecular weight excluding hydrogens is 725 g/mol. The highest BCUT2D eigenvalue weighted by Crippen LogP contribution is 2.43. The van der Waals surface area contributed by atoms with Crippen LogP contribution in [0.4, 0.5) is 17.1 Å². The molecule has 1 heterocycles. The maximum Gasteiger partial charge on any atom is 0.0619 e. The SMILES string of the molecule is c1ccc(-c2ccc(-c3ccc(N(c4ccccc4)c4ccc(-c5ccccc5-n5c6ccccc6c6cccc(-c7cccc8ccccc78)c65)cc4)cc3)cc2)cc1. The Morgan fingerprint density at radius 3 is 1.43 bits per heavy atom. The van der Waals surface area contributed by atoms with Gasteiger partial charge in [0, 0.05) is 39.0 Å². The first-order chi connectivity index (χ1) is 29.8. The summed E-state index contributed by atoms with van der Waals surface area (Å²) in [6, 6.07) is 87.7. The summed E-state index contributed by atoms with van der Waals surface area (Å²) in [5.74, 6) is 0. The minimum absolute atomic E-state index is 1.09. The van der Waals surface area contributed by atoms with Gasteiger partial charge in [-0.05, 0) is 92.7 Å². The first kappa shape index (κ1) is 35.2. The van der Waals surface area contributed by atoms with Gasteiger partial charge in [0.05, 0.1) is 16.7 Å². The first-order valence-electron chi connectivity index (χ1n) is 20.6. The molecule has 0 radical (unpaired) electrons. The van der Waals surface area contributed by atoms with E-state index >= 15 is 0 Å². The lowest BCUT2D eigenvalue weighted by Gasteiger charge is -2.26. The van der Waals surface area contributed by atoms with E-state index in [9.17, 15) is 0 Å². The van der Waals surface area contributed by atoms with Gasteiger partial charge in [-0.3, -0.25) is 0 Å². The van der Waals surface area contributed by atoms with Crippen LogP contribution in [0.2, 0.25) is 0 Å². The Labute approximate surface area is 350 Å². The van der Waals surface area contributed by atoms with Crippen LogP contribution in [0.15, 0.2) is 243 Å². The molecule has 2 nitrogen and oxygen atoms in total. The molecule has 0 amide bonds. The minimum Gasteiger partial charge on any atom is -0.311 e. The van der Waals surface area contributed by atoms with E-state index in [-0.39, 0.29) is 0 Å². The number of nitrogens with zero attached hydrogens (tertiary/aromatic N) is 2. The standard InChI is InChI=1S/C58H40N2/c1-3-15-41(16-4-1)42-29-31-43(32-30-42)44-33-37-48(38-34-44)59(47-19-5-2-6-20-47)49-39-35-46(36-40-49)51-22-9-11-27-56(51)60-57-28-12-10-23-53(57)55-26-14-25-54(58(55)60)52-24-13-18-45-17-7-8-21-50(45)52/h1-40H. The van der Waals surface area contributed by atoms with Gasteiger partial charge in [-0.2, -0.15) is 0 Å². The summed E-state index contributed by atoms with van der Waals surface area (Å²) in [6.45, 7) is 0. The molecule has 0 saturated carbocycles. The Morgan fingerprint density at radius 1 is 0.267 bits per heavy atom. The van der Waals surface area contributed by atoms with E-state index in [1.54, 1.807) is 0 Å². The van der Waals surface area contributed by atoms with Gasteiger partial charge in [0.2, 0.25) is 0 Å². The highest BCUT2D eigenvalue weighted by Gasteiger charge is 2.20. The lowest BCUT2D eigenvalue weighted by atomic mass is 9.96. The zero-order valence-corrected chi connectivity index (χ0v) is 33.0. The average Bonchev–Trinajstić information content (AvgIpc) is 3.67. The van der Waals surface area contributed by atoms with Crippen LogP contribution >= 0.6 is 0 Å². The zero-order valence-electron chi connectivity index (χ0n) is 33.0. The summed E-state index contributed by atoms with van der Waals surface area (Å²) >= 11 is 0. The Bertz CT molecular complexity index is 3270. The van der Waals surface area contributed by atoms with E-state index in [1.807, 2.05) is 0 Å². The van der Waals surface area contributed by atoms with Crippen LogP contribution in [0.3, 0.4) is 0 Å². The predicted molar refractivity (Wildman–Crippen MR) is 255 cm³/mol. The molecule has 0 bridgehead atoms. The molecule has 60 heavy (non-hydrogen) atoms. The predicted octanol–water partition coefficient (Wildman–Crippen LogP) is 16.1. The van der Waals surface area contributed by atoms with Crippen LogP contribution in [0.25, 0.3) is 82.8 Å². The second-order valence-corrected chi connectivity index (χ2v) is 15.3. The summed E-state index contributed by atoms with van der Waals surface area (Å²) < 4.78 is 2.48. The third-order valence-electron chi connectivity index (χ3n) is 11.8. The molecule has 0 spiro atoms. The van der Waals surface area contributed by atoms with Crippen molar-refractivity contribution in [3.63, 3.8) is 0 Å². The lowest BCUT2D eigenvalue weighted by molar-refractivity contribution is 1.18. The smallest absolute Gasteiger partial charge is 0.0619 e. The van der Waals surface area contributed by atoms with E-state index in [0.717, 1.165) is 28.3 Å². The van der Waals surface area contributed by atoms with Gasteiger partial charge >= 0.3 is 0 Å². The van der Waals surface area contributed by atoms with Crippen molar-refractivity contribution in [2.45, 2.75) is 0 Å². The molecule has 1 aromatic heterocycles. The van der Waals surface area contributed by atoms with Crippen molar-refractivity contribution in [3.05, 3.63) is 243 Å². The fourth-order valence-corrected chi connectivity index (χ4v) is 8.96. The van der Waals surface area contributed by atoms with Gasteiger partial charge in [-0.1, -0.05) is 194 Å². The Hall–Kier alpha value is -7.94. The van der Waals surface area contributed by atoms with Gasteiger partial charge in [-0.15, -0.1) is 0 Å². The van der Waals surface area contributed by atoms with Crippen molar-refractivity contribution >= 4 is 49.6 Å². The molecule has 0 N–H and O–H groups in total. The zero-order chi connectivity index (χ0) is 39.8. The lowest BCUT2D eigenvalue weighted by Crippen LogP contribution is -2.09. The molecule has 0 unspecified atom stereocenters. The molecule has 0 fully saturated rings. The van der Waals surface area contributed by atoms with E-state index in [2.05, 4.69) is 252 Å². The van der Waals surface area contributed by atoms with Gasteiger partial charge in [0.15, 0.2) is 0 Å². The highest BCUT2D eigenvalue weighted by molar-refractivity contribution is 6.16. The fraction of sp³-hybridized carbons (Fsp3) is 0. The maximum atomic E-state index is 2.48. The van der Waals surface area contributed by atoms with Gasteiger partial charge < -0.3 is 9.47 Å². The van der Waals surface area contributed by atoms with Crippen molar-refractivity contribution in [2.24, 2.45) is 0 Å². The monoisotopic (exact) mass is 764 g/mol. The Balaban J connectivity index is 0.991. The summed E-state index contributed by atoms with van der Waals surface area (Å²) in [7, 11) is 0. The molecular formula is C58H40N2. The van der Waals surface area contributed by atoms with Crippen LogP contribution in [0, 0.1) is 0 Å². The van der Waals surface area contributed by atoms with Crippen molar-refractivity contribution in [3.8, 4) is 50.2 Å². The number of para-hydroxylation sites is 4. The van der Waals surface area contributed by atoms with E-state index in [0.29, 0.717) is 0 Å². The molecule has 11 rings (SSSR count). The van der Waals surface area contributed by atoms with Crippen LogP contribution in [-0.2, 0) is 0 Å². The van der Waals surface area contributed by atoms with Crippen LogP contribution in [-0.4, -0.2) is 4.57 Å². The Morgan fingerprint density at radius 2 is 0.717 bits per heavy atom. The first-order valence-corrected chi connectivity index (χ1v) is 20.6. The largest absolute Gasteiger partial charge is 0.311 e. The summed E-state index contributed by atoms with van der Waals surface area (Å²) in [4.78, 5) is 2.33. The fourth-order valence-electron chi connectivity index (χ4n) is 8.96. The summed E-state index contributed by atoms with van der Waals surface area (Å²) in [5.41, 5.74) is 16.5. The topological polar surface area (TPSA) is 8.17 Å². The number of hydrogen-bond donors (Lipinski definition) is 0. The number of aromatic nitrogens is 1. The van der Waals surface area contributed by atoms with Gasteiger partial charge in [0.25, 0.3) is 0 Å². The molecule has 0 aliphatic heterocycles. The van der Waals surface area contributed by atoms with Crippen LogP contribution in [0.5, 0.6) is 0 Å². The average molecular weight is 765 g/mol. The number of benzene rings is 10. The molecule has 0 saturated heterocycles. The molecule has 282 valence electrons. The van der Waals surface area contributed by atoms with E-state index in [4.69, 9.17) is 0 Å².